The smallest absolute Gasteiger partial charge is 0.307 e. The van der Waals surface area contributed by atoms with Gasteiger partial charge in [0, 0.05) is 31.6 Å². The molecule has 0 spiro atoms. The number of aliphatic carboxylic acids is 1. The van der Waals surface area contributed by atoms with Gasteiger partial charge in [-0.15, -0.1) is 0 Å². The molecule has 0 bridgehead atoms. The summed E-state index contributed by atoms with van der Waals surface area (Å²) in [6, 6.07) is 1.81. The minimum Gasteiger partial charge on any atom is -0.481 e. The van der Waals surface area contributed by atoms with E-state index >= 15 is 0 Å². The van der Waals surface area contributed by atoms with Crippen molar-refractivity contribution in [1.29, 1.82) is 0 Å². The highest BCUT2D eigenvalue weighted by Gasteiger charge is 2.66. The average molecular weight is 350 g/mol. The lowest BCUT2D eigenvalue weighted by Gasteiger charge is -2.22. The van der Waals surface area contributed by atoms with Gasteiger partial charge in [0.05, 0.1) is 17.4 Å². The van der Waals surface area contributed by atoms with Crippen molar-refractivity contribution in [1.82, 2.24) is 9.80 Å². The molecule has 1 N–H and O–H groups in total. The van der Waals surface area contributed by atoms with E-state index < -0.39 is 23.2 Å². The number of carbonyl (C=O) groups is 3. The minimum atomic E-state index is -0.901. The zero-order valence-electron chi connectivity index (χ0n) is 13.9. The zero-order valence-corrected chi connectivity index (χ0v) is 14.7. The van der Waals surface area contributed by atoms with Crippen molar-refractivity contribution in [2.75, 3.05) is 26.2 Å². The molecule has 24 heavy (non-hydrogen) atoms. The predicted molar refractivity (Wildman–Crippen MR) is 89.8 cm³/mol. The van der Waals surface area contributed by atoms with Crippen LogP contribution in [0.1, 0.15) is 30.6 Å². The van der Waals surface area contributed by atoms with E-state index in [0.717, 1.165) is 0 Å². The number of carboxylic acids is 1. The van der Waals surface area contributed by atoms with Crippen LogP contribution in [0, 0.1) is 17.3 Å². The quantitative estimate of drug-likeness (QED) is 0.901. The summed E-state index contributed by atoms with van der Waals surface area (Å²) in [6.07, 6.45) is 0.715. The van der Waals surface area contributed by atoms with Gasteiger partial charge in [0.1, 0.15) is 0 Å². The molecule has 2 heterocycles. The Morgan fingerprint density at radius 2 is 1.79 bits per heavy atom. The molecule has 1 aliphatic heterocycles. The first-order valence-electron chi connectivity index (χ1n) is 8.17. The summed E-state index contributed by atoms with van der Waals surface area (Å²) in [5.74, 6) is -2.04. The van der Waals surface area contributed by atoms with Crippen molar-refractivity contribution in [3.8, 4) is 0 Å². The van der Waals surface area contributed by atoms with E-state index in [4.69, 9.17) is 0 Å². The Labute approximate surface area is 145 Å². The molecule has 1 aromatic heterocycles. The first-order chi connectivity index (χ1) is 11.3. The van der Waals surface area contributed by atoms with E-state index in [1.165, 1.54) is 11.3 Å². The third-order valence-corrected chi connectivity index (χ3v) is 5.91. The van der Waals surface area contributed by atoms with Gasteiger partial charge in [0.15, 0.2) is 0 Å². The highest BCUT2D eigenvalue weighted by molar-refractivity contribution is 7.08. The number of nitrogens with zero attached hydrogens (tertiary/aromatic N) is 2. The summed E-state index contributed by atoms with van der Waals surface area (Å²) in [5.41, 5.74) is 0.204. The first-order valence-corrected chi connectivity index (χ1v) is 9.11. The number of hydrogen-bond donors (Lipinski definition) is 1. The lowest BCUT2D eigenvalue weighted by molar-refractivity contribution is -0.142. The predicted octanol–water partition coefficient (Wildman–Crippen LogP) is 1.78. The topological polar surface area (TPSA) is 77.9 Å². The van der Waals surface area contributed by atoms with Crippen molar-refractivity contribution >= 4 is 29.1 Å². The molecule has 1 aliphatic carbocycles. The molecule has 2 atom stereocenters. The molecule has 0 radical (unpaired) electrons. The number of thiophene rings is 1. The van der Waals surface area contributed by atoms with Crippen LogP contribution < -0.4 is 0 Å². The molecule has 0 unspecified atom stereocenters. The van der Waals surface area contributed by atoms with Gasteiger partial charge >= 0.3 is 5.97 Å². The minimum absolute atomic E-state index is 0.000660. The standard InChI is InChI=1S/C17H22N2O4S/c1-17(2)12(13(17)16(22)23)15(21)19-6-3-5-18(7-8-19)14(20)11-4-9-24-10-11/h4,9-10,12-13H,3,5-8H2,1-2H3,(H,22,23)/t12-,13+/m1/s1. The Kier molecular flexibility index (Phi) is 4.38. The molecule has 7 heteroatoms. The van der Waals surface area contributed by atoms with E-state index in [1.807, 2.05) is 30.7 Å². The molecule has 6 nitrogen and oxygen atoms in total. The molecule has 2 aliphatic rings. The molecule has 0 aromatic carbocycles. The maximum absolute atomic E-state index is 12.7. The van der Waals surface area contributed by atoms with Crippen molar-refractivity contribution in [2.24, 2.45) is 17.3 Å². The second-order valence-electron chi connectivity index (χ2n) is 7.10. The van der Waals surface area contributed by atoms with Crippen LogP contribution in [0.25, 0.3) is 0 Å². The Hall–Kier alpha value is -1.89. The summed E-state index contributed by atoms with van der Waals surface area (Å²) in [6.45, 7) is 5.82. The van der Waals surface area contributed by atoms with Gasteiger partial charge in [-0.3, -0.25) is 14.4 Å². The van der Waals surface area contributed by atoms with E-state index in [2.05, 4.69) is 0 Å². The molecule has 2 fully saturated rings. The third kappa shape index (κ3) is 2.92. The molecule has 3 rings (SSSR count). The Morgan fingerprint density at radius 1 is 1.12 bits per heavy atom. The van der Waals surface area contributed by atoms with Crippen LogP contribution in [-0.4, -0.2) is 58.9 Å². The van der Waals surface area contributed by atoms with E-state index in [1.54, 1.807) is 9.80 Å². The van der Waals surface area contributed by atoms with Crippen molar-refractivity contribution in [2.45, 2.75) is 20.3 Å². The summed E-state index contributed by atoms with van der Waals surface area (Å²) < 4.78 is 0. The molecule has 1 aromatic rings. The summed E-state index contributed by atoms with van der Waals surface area (Å²) in [7, 11) is 0. The van der Waals surface area contributed by atoms with E-state index in [0.29, 0.717) is 38.2 Å². The van der Waals surface area contributed by atoms with Crippen LogP contribution in [0.2, 0.25) is 0 Å². The largest absolute Gasteiger partial charge is 0.481 e. The van der Waals surface area contributed by atoms with E-state index in [9.17, 15) is 19.5 Å². The summed E-state index contributed by atoms with van der Waals surface area (Å²) >= 11 is 1.49. The lowest BCUT2D eigenvalue weighted by Crippen LogP contribution is -2.38. The van der Waals surface area contributed by atoms with Crippen LogP contribution in [0.5, 0.6) is 0 Å². The number of carboxylic acid groups (broad SMARTS) is 1. The molecule has 1 saturated carbocycles. The van der Waals surface area contributed by atoms with Gasteiger partial charge < -0.3 is 14.9 Å². The van der Waals surface area contributed by atoms with Crippen molar-refractivity contribution in [3.05, 3.63) is 22.4 Å². The van der Waals surface area contributed by atoms with Crippen molar-refractivity contribution < 1.29 is 19.5 Å². The Morgan fingerprint density at radius 3 is 2.38 bits per heavy atom. The van der Waals surface area contributed by atoms with Crippen LogP contribution in [0.3, 0.4) is 0 Å². The number of hydrogen-bond acceptors (Lipinski definition) is 4. The summed E-state index contributed by atoms with van der Waals surface area (Å²) in [5, 5.41) is 13.0. The lowest BCUT2D eigenvalue weighted by atomic mass is 10.1. The van der Waals surface area contributed by atoms with Crippen molar-refractivity contribution in [3.63, 3.8) is 0 Å². The van der Waals surface area contributed by atoms with Gasteiger partial charge in [-0.1, -0.05) is 13.8 Å². The molecule has 1 saturated heterocycles. The number of carbonyl (C=O) groups excluding carboxylic acids is 2. The normalized spacial score (nSPS) is 25.9. The fourth-order valence-corrected chi connectivity index (χ4v) is 4.30. The molecule has 2 amide bonds. The van der Waals surface area contributed by atoms with Gasteiger partial charge in [-0.05, 0) is 23.3 Å². The monoisotopic (exact) mass is 350 g/mol. The SMILES string of the molecule is CC1(C)[C@H](C(=O)O)[C@@H]1C(=O)N1CCCN(C(=O)c2ccsc2)CC1. The Balaban J connectivity index is 1.63. The summed E-state index contributed by atoms with van der Waals surface area (Å²) in [4.78, 5) is 39.9. The third-order valence-electron chi connectivity index (χ3n) is 5.22. The fraction of sp³-hybridized carbons (Fsp3) is 0.588. The fourth-order valence-electron chi connectivity index (χ4n) is 3.67. The van der Waals surface area contributed by atoms with Gasteiger partial charge in [0.25, 0.3) is 5.91 Å². The van der Waals surface area contributed by atoms with E-state index in [-0.39, 0.29) is 11.8 Å². The van der Waals surface area contributed by atoms with Crippen LogP contribution in [-0.2, 0) is 9.59 Å². The maximum atomic E-state index is 12.7. The number of rotatable bonds is 3. The van der Waals surface area contributed by atoms with Crippen LogP contribution in [0.4, 0.5) is 0 Å². The molecular formula is C17H22N2O4S. The van der Waals surface area contributed by atoms with Crippen LogP contribution >= 0.6 is 11.3 Å². The Bertz CT molecular complexity index is 656. The second kappa shape index (κ2) is 6.20. The maximum Gasteiger partial charge on any atom is 0.307 e. The average Bonchev–Trinajstić information content (AvgIpc) is 2.86. The van der Waals surface area contributed by atoms with Gasteiger partial charge in [-0.2, -0.15) is 11.3 Å². The first kappa shape index (κ1) is 17.0. The molecular weight excluding hydrogens is 328 g/mol. The van der Waals surface area contributed by atoms with Crippen LogP contribution in [0.15, 0.2) is 16.8 Å². The second-order valence-corrected chi connectivity index (χ2v) is 7.88. The van der Waals surface area contributed by atoms with Gasteiger partial charge in [0.2, 0.25) is 5.91 Å². The van der Waals surface area contributed by atoms with Gasteiger partial charge in [-0.25, -0.2) is 0 Å². The number of amides is 2. The highest BCUT2D eigenvalue weighted by Crippen LogP contribution is 2.59. The zero-order chi connectivity index (χ0) is 17.5. The highest BCUT2D eigenvalue weighted by atomic mass is 32.1. The molecule has 130 valence electrons.